The lowest BCUT2D eigenvalue weighted by Crippen LogP contribution is -2.46. The minimum atomic E-state index is 0.0132. The first-order chi connectivity index (χ1) is 11.2. The molecule has 126 valence electrons. The van der Waals surface area contributed by atoms with Gasteiger partial charge in [-0.3, -0.25) is 9.59 Å². The second-order valence-corrected chi connectivity index (χ2v) is 5.88. The second kappa shape index (κ2) is 9.18. The van der Waals surface area contributed by atoms with Crippen molar-refractivity contribution in [3.63, 3.8) is 0 Å². The van der Waals surface area contributed by atoms with E-state index in [2.05, 4.69) is 5.32 Å². The second-order valence-electron chi connectivity index (χ2n) is 5.88. The lowest BCUT2D eigenvalue weighted by molar-refractivity contribution is -0.132. The normalized spacial score (nSPS) is 15.3. The number of nitrogens with zero attached hydrogens (tertiary/aromatic N) is 1. The highest BCUT2D eigenvalue weighted by molar-refractivity contribution is 5.77. The van der Waals surface area contributed by atoms with Crippen LogP contribution >= 0.6 is 0 Å². The molecule has 0 atom stereocenters. The van der Waals surface area contributed by atoms with Gasteiger partial charge in [-0.1, -0.05) is 25.1 Å². The molecule has 1 aromatic rings. The summed E-state index contributed by atoms with van der Waals surface area (Å²) in [6.45, 7) is 3.88. The highest BCUT2D eigenvalue weighted by atomic mass is 16.5. The molecule has 1 aliphatic rings. The maximum atomic E-state index is 11.9. The predicted octanol–water partition coefficient (Wildman–Crippen LogP) is 2.36. The number of likely N-dealkylation sites (tertiary alicyclic amines) is 1. The number of carbonyl (C=O) groups is 2. The Morgan fingerprint density at radius 1 is 1.17 bits per heavy atom. The first-order valence-electron chi connectivity index (χ1n) is 8.44. The van der Waals surface area contributed by atoms with Crippen molar-refractivity contribution >= 4 is 11.8 Å². The Morgan fingerprint density at radius 2 is 1.87 bits per heavy atom. The van der Waals surface area contributed by atoms with Crippen LogP contribution in [-0.2, 0) is 9.59 Å². The number of piperidine rings is 1. The summed E-state index contributed by atoms with van der Waals surface area (Å²) in [5.41, 5.74) is 0. The summed E-state index contributed by atoms with van der Waals surface area (Å²) < 4.78 is 5.53. The fourth-order valence-corrected chi connectivity index (χ4v) is 2.72. The van der Waals surface area contributed by atoms with Crippen molar-refractivity contribution < 1.29 is 14.3 Å². The number of hydrogen-bond donors (Lipinski definition) is 1. The molecule has 0 aliphatic carbocycles. The van der Waals surface area contributed by atoms with Crippen LogP contribution in [0.4, 0.5) is 0 Å². The van der Waals surface area contributed by atoms with E-state index in [0.29, 0.717) is 19.4 Å². The minimum Gasteiger partial charge on any atom is -0.493 e. The Morgan fingerprint density at radius 3 is 2.52 bits per heavy atom. The van der Waals surface area contributed by atoms with Crippen LogP contribution in [0.2, 0.25) is 0 Å². The van der Waals surface area contributed by atoms with Crippen molar-refractivity contribution in [1.82, 2.24) is 10.2 Å². The Hall–Kier alpha value is -2.04. The maximum Gasteiger partial charge on any atom is 0.223 e. The summed E-state index contributed by atoms with van der Waals surface area (Å²) in [5, 5.41) is 3.04. The van der Waals surface area contributed by atoms with Gasteiger partial charge < -0.3 is 15.0 Å². The zero-order chi connectivity index (χ0) is 16.5. The van der Waals surface area contributed by atoms with E-state index >= 15 is 0 Å². The van der Waals surface area contributed by atoms with Crippen molar-refractivity contribution in [2.24, 2.45) is 0 Å². The number of hydrogen-bond acceptors (Lipinski definition) is 3. The molecule has 2 rings (SSSR count). The van der Waals surface area contributed by atoms with Gasteiger partial charge in [0.1, 0.15) is 5.75 Å². The number of rotatable bonds is 7. The van der Waals surface area contributed by atoms with Gasteiger partial charge in [-0.25, -0.2) is 0 Å². The van der Waals surface area contributed by atoms with Crippen molar-refractivity contribution in [1.29, 1.82) is 0 Å². The van der Waals surface area contributed by atoms with Gasteiger partial charge in [-0.2, -0.15) is 0 Å². The van der Waals surface area contributed by atoms with E-state index in [1.807, 2.05) is 42.2 Å². The molecule has 0 bridgehead atoms. The molecule has 1 N–H and O–H groups in total. The number of benzene rings is 1. The molecule has 0 radical (unpaired) electrons. The van der Waals surface area contributed by atoms with Gasteiger partial charge in [-0.15, -0.1) is 0 Å². The van der Waals surface area contributed by atoms with Gasteiger partial charge >= 0.3 is 0 Å². The lowest BCUT2D eigenvalue weighted by atomic mass is 10.0. The third-order valence-electron chi connectivity index (χ3n) is 4.02. The van der Waals surface area contributed by atoms with Gasteiger partial charge in [0.25, 0.3) is 0 Å². The first kappa shape index (κ1) is 17.3. The summed E-state index contributed by atoms with van der Waals surface area (Å²) in [4.78, 5) is 25.7. The molecular weight excluding hydrogens is 292 g/mol. The molecule has 1 heterocycles. The number of nitrogens with one attached hydrogen (secondary N) is 1. The number of carbonyl (C=O) groups excluding carboxylic acids is 2. The van der Waals surface area contributed by atoms with Crippen LogP contribution < -0.4 is 10.1 Å². The smallest absolute Gasteiger partial charge is 0.223 e. The Labute approximate surface area is 138 Å². The molecule has 0 spiro atoms. The zero-order valence-corrected chi connectivity index (χ0v) is 13.8. The van der Waals surface area contributed by atoms with Crippen molar-refractivity contribution in [3.8, 4) is 5.75 Å². The SMILES string of the molecule is CCCC(=O)N1CCC(NC(=O)CCOc2ccccc2)CC1. The predicted molar refractivity (Wildman–Crippen MR) is 89.2 cm³/mol. The van der Waals surface area contributed by atoms with Crippen LogP contribution in [0, 0.1) is 0 Å². The van der Waals surface area contributed by atoms with Crippen LogP contribution in [-0.4, -0.2) is 42.5 Å². The molecule has 2 amide bonds. The third kappa shape index (κ3) is 5.93. The Balaban J connectivity index is 1.62. The fourth-order valence-electron chi connectivity index (χ4n) is 2.72. The fraction of sp³-hybridized carbons (Fsp3) is 0.556. The first-order valence-corrected chi connectivity index (χ1v) is 8.44. The molecular formula is C18H26N2O3. The Kier molecular flexibility index (Phi) is 6.91. The molecule has 0 aromatic heterocycles. The van der Waals surface area contributed by atoms with Crippen molar-refractivity contribution in [2.45, 2.75) is 45.1 Å². The molecule has 0 unspecified atom stereocenters. The van der Waals surface area contributed by atoms with E-state index in [1.165, 1.54) is 0 Å². The van der Waals surface area contributed by atoms with E-state index in [1.54, 1.807) is 0 Å². The molecule has 1 aromatic carbocycles. The number of para-hydroxylation sites is 1. The summed E-state index contributed by atoms with van der Waals surface area (Å²) in [5.74, 6) is 1.02. The van der Waals surface area contributed by atoms with Gasteiger partial charge in [0.2, 0.25) is 11.8 Å². The molecule has 1 aliphatic heterocycles. The van der Waals surface area contributed by atoms with Crippen LogP contribution in [0.25, 0.3) is 0 Å². The van der Waals surface area contributed by atoms with Gasteiger partial charge in [-0.05, 0) is 31.4 Å². The molecule has 1 saturated heterocycles. The topological polar surface area (TPSA) is 58.6 Å². The Bertz CT molecular complexity index is 496. The third-order valence-corrected chi connectivity index (χ3v) is 4.02. The standard InChI is InChI=1S/C18H26N2O3/c1-2-6-18(22)20-12-9-15(10-13-20)19-17(21)11-14-23-16-7-4-3-5-8-16/h3-5,7-8,15H,2,6,9-14H2,1H3,(H,19,21). The summed E-state index contributed by atoms with van der Waals surface area (Å²) >= 11 is 0. The van der Waals surface area contributed by atoms with E-state index in [4.69, 9.17) is 4.74 Å². The van der Waals surface area contributed by atoms with Crippen LogP contribution in [0.5, 0.6) is 5.75 Å². The minimum absolute atomic E-state index is 0.0132. The van der Waals surface area contributed by atoms with Crippen LogP contribution in [0.3, 0.4) is 0 Å². The van der Waals surface area contributed by atoms with E-state index in [-0.39, 0.29) is 17.9 Å². The lowest BCUT2D eigenvalue weighted by Gasteiger charge is -2.32. The summed E-state index contributed by atoms with van der Waals surface area (Å²) in [7, 11) is 0. The van der Waals surface area contributed by atoms with Gasteiger partial charge in [0.05, 0.1) is 13.0 Å². The van der Waals surface area contributed by atoms with Gasteiger partial charge in [0, 0.05) is 25.6 Å². The van der Waals surface area contributed by atoms with Crippen molar-refractivity contribution in [2.75, 3.05) is 19.7 Å². The van der Waals surface area contributed by atoms with Crippen molar-refractivity contribution in [3.05, 3.63) is 30.3 Å². The highest BCUT2D eigenvalue weighted by Crippen LogP contribution is 2.12. The van der Waals surface area contributed by atoms with Gasteiger partial charge in [0.15, 0.2) is 0 Å². The van der Waals surface area contributed by atoms with E-state index in [0.717, 1.165) is 38.1 Å². The van der Waals surface area contributed by atoms with Crippen LogP contribution in [0.15, 0.2) is 30.3 Å². The molecule has 5 heteroatoms. The monoisotopic (exact) mass is 318 g/mol. The number of amides is 2. The van der Waals surface area contributed by atoms with Crippen LogP contribution in [0.1, 0.15) is 39.0 Å². The number of ether oxygens (including phenoxy) is 1. The average Bonchev–Trinajstić information content (AvgIpc) is 2.57. The maximum absolute atomic E-state index is 11.9. The highest BCUT2D eigenvalue weighted by Gasteiger charge is 2.23. The average molecular weight is 318 g/mol. The largest absolute Gasteiger partial charge is 0.493 e. The zero-order valence-electron chi connectivity index (χ0n) is 13.8. The quantitative estimate of drug-likeness (QED) is 0.839. The van der Waals surface area contributed by atoms with E-state index in [9.17, 15) is 9.59 Å². The van der Waals surface area contributed by atoms with E-state index < -0.39 is 0 Å². The molecule has 5 nitrogen and oxygen atoms in total. The summed E-state index contributed by atoms with van der Waals surface area (Å²) in [6.07, 6.45) is 3.52. The molecule has 0 saturated carbocycles. The molecule has 1 fully saturated rings. The summed E-state index contributed by atoms with van der Waals surface area (Å²) in [6, 6.07) is 9.66. The molecule has 23 heavy (non-hydrogen) atoms.